The molecule has 0 bridgehead atoms. The topological polar surface area (TPSA) is 33.5 Å². The van der Waals surface area contributed by atoms with E-state index in [1.165, 1.54) is 6.07 Å². The molecule has 1 saturated carbocycles. The Kier molecular flexibility index (Phi) is 5.31. The van der Waals surface area contributed by atoms with Crippen molar-refractivity contribution in [3.05, 3.63) is 63.9 Å². The van der Waals surface area contributed by atoms with Gasteiger partial charge >= 0.3 is 0 Å². The molecule has 2 aromatic carbocycles. The van der Waals surface area contributed by atoms with E-state index in [-0.39, 0.29) is 11.7 Å². The lowest BCUT2D eigenvalue weighted by Crippen LogP contribution is -3.13. The molecule has 0 saturated heterocycles. The van der Waals surface area contributed by atoms with Crippen molar-refractivity contribution < 1.29 is 14.1 Å². The Hall–Kier alpha value is -1.72. The van der Waals surface area contributed by atoms with Crippen LogP contribution in [0.2, 0.25) is 0 Å². The Balaban J connectivity index is 1.65. The summed E-state index contributed by atoms with van der Waals surface area (Å²) in [7, 11) is 0. The fourth-order valence-corrected chi connectivity index (χ4v) is 3.44. The lowest BCUT2D eigenvalue weighted by Gasteiger charge is -2.19. The van der Waals surface area contributed by atoms with Crippen molar-refractivity contribution in [2.75, 3.05) is 11.9 Å². The van der Waals surface area contributed by atoms with Crippen LogP contribution in [0.25, 0.3) is 0 Å². The summed E-state index contributed by atoms with van der Waals surface area (Å²) in [6, 6.07) is 13.1. The first-order valence-electron chi connectivity index (χ1n) is 8.17. The summed E-state index contributed by atoms with van der Waals surface area (Å²) < 4.78 is 14.8. The van der Waals surface area contributed by atoms with E-state index in [0.717, 1.165) is 33.5 Å². The van der Waals surface area contributed by atoms with Gasteiger partial charge in [-0.15, -0.1) is 0 Å². The second-order valence-electron chi connectivity index (χ2n) is 6.41. The first kappa shape index (κ1) is 17.1. The summed E-state index contributed by atoms with van der Waals surface area (Å²) in [4.78, 5) is 13.5. The number of rotatable bonds is 6. The third-order valence-electron chi connectivity index (χ3n) is 4.32. The molecule has 0 aliphatic heterocycles. The van der Waals surface area contributed by atoms with Gasteiger partial charge in [0.25, 0.3) is 5.91 Å². The molecular weight excluding hydrogens is 371 g/mol. The molecule has 1 aliphatic rings. The molecule has 1 aliphatic carbocycles. The molecule has 0 spiro atoms. The van der Waals surface area contributed by atoms with Crippen LogP contribution in [0.3, 0.4) is 0 Å². The lowest BCUT2D eigenvalue weighted by atomic mass is 10.2. The molecule has 3 nitrogen and oxygen atoms in total. The van der Waals surface area contributed by atoms with Crippen molar-refractivity contribution in [2.24, 2.45) is 0 Å². The third-order valence-corrected chi connectivity index (χ3v) is 4.97. The van der Waals surface area contributed by atoms with Crippen molar-refractivity contribution in [3.63, 3.8) is 0 Å². The van der Waals surface area contributed by atoms with Crippen LogP contribution in [0.15, 0.2) is 46.9 Å². The van der Waals surface area contributed by atoms with E-state index in [2.05, 4.69) is 21.2 Å². The molecule has 0 radical (unpaired) electrons. The summed E-state index contributed by atoms with van der Waals surface area (Å²) in [5.74, 6) is -0.241. The minimum absolute atomic E-state index is 0.0437. The van der Waals surface area contributed by atoms with Gasteiger partial charge in [-0.3, -0.25) is 4.79 Å². The number of aryl methyl sites for hydroxylation is 1. The average Bonchev–Trinajstić information content (AvgIpc) is 3.36. The molecular formula is C19H21BrFN2O+. The fraction of sp³-hybridized carbons (Fsp3) is 0.316. The molecule has 1 atom stereocenters. The number of amides is 1. The van der Waals surface area contributed by atoms with Crippen LogP contribution in [0.1, 0.15) is 24.0 Å². The highest BCUT2D eigenvalue weighted by Crippen LogP contribution is 2.23. The number of nitrogens with one attached hydrogen (secondary N) is 2. The predicted molar refractivity (Wildman–Crippen MR) is 96.5 cm³/mol. The van der Waals surface area contributed by atoms with Gasteiger partial charge in [0.2, 0.25) is 0 Å². The Bertz CT molecular complexity index is 746. The van der Waals surface area contributed by atoms with Gasteiger partial charge in [0, 0.05) is 22.9 Å². The number of carbonyl (C=O) groups is 1. The molecule has 3 rings (SSSR count). The van der Waals surface area contributed by atoms with Gasteiger partial charge in [-0.2, -0.15) is 0 Å². The van der Waals surface area contributed by atoms with Crippen LogP contribution < -0.4 is 10.2 Å². The SMILES string of the molecule is Cc1ccc(NC(=O)C[NH+](Cc2ccccc2F)C2CC2)c(Br)c1. The van der Waals surface area contributed by atoms with E-state index >= 15 is 0 Å². The average molecular weight is 392 g/mol. The Morgan fingerprint density at radius 2 is 2.04 bits per heavy atom. The van der Waals surface area contributed by atoms with E-state index in [0.29, 0.717) is 24.7 Å². The van der Waals surface area contributed by atoms with Crippen molar-refractivity contribution in [1.29, 1.82) is 0 Å². The molecule has 5 heteroatoms. The van der Waals surface area contributed by atoms with Crippen LogP contribution >= 0.6 is 15.9 Å². The monoisotopic (exact) mass is 391 g/mol. The predicted octanol–water partition coefficient (Wildman–Crippen LogP) is 3.08. The van der Waals surface area contributed by atoms with Gasteiger partial charge < -0.3 is 10.2 Å². The van der Waals surface area contributed by atoms with Gasteiger partial charge in [0.05, 0.1) is 11.7 Å². The van der Waals surface area contributed by atoms with Gasteiger partial charge in [-0.05, 0) is 46.6 Å². The molecule has 0 aromatic heterocycles. The zero-order valence-electron chi connectivity index (χ0n) is 13.6. The molecule has 1 fully saturated rings. The number of quaternary nitrogens is 1. The summed E-state index contributed by atoms with van der Waals surface area (Å²) >= 11 is 3.48. The normalized spacial score (nSPS) is 15.1. The number of hydrogen-bond acceptors (Lipinski definition) is 1. The molecule has 1 unspecified atom stereocenters. The van der Waals surface area contributed by atoms with Gasteiger partial charge in [-0.1, -0.05) is 24.3 Å². The van der Waals surface area contributed by atoms with E-state index < -0.39 is 0 Å². The summed E-state index contributed by atoms with van der Waals surface area (Å²) in [5, 5.41) is 2.95. The van der Waals surface area contributed by atoms with Gasteiger partial charge in [0.15, 0.2) is 6.54 Å². The molecule has 2 aromatic rings. The third kappa shape index (κ3) is 4.42. The Morgan fingerprint density at radius 3 is 2.71 bits per heavy atom. The molecule has 2 N–H and O–H groups in total. The number of benzene rings is 2. The first-order chi connectivity index (χ1) is 11.5. The van der Waals surface area contributed by atoms with Gasteiger partial charge in [-0.25, -0.2) is 4.39 Å². The maximum absolute atomic E-state index is 13.9. The Morgan fingerprint density at radius 1 is 1.29 bits per heavy atom. The van der Waals surface area contributed by atoms with Crippen LogP contribution in [-0.2, 0) is 11.3 Å². The highest BCUT2D eigenvalue weighted by molar-refractivity contribution is 9.10. The van der Waals surface area contributed by atoms with Crippen LogP contribution in [-0.4, -0.2) is 18.5 Å². The zero-order chi connectivity index (χ0) is 17.1. The number of hydrogen-bond donors (Lipinski definition) is 2. The summed E-state index contributed by atoms with van der Waals surface area (Å²) in [6.45, 7) is 2.89. The zero-order valence-corrected chi connectivity index (χ0v) is 15.2. The van der Waals surface area contributed by atoms with Gasteiger partial charge in [0.1, 0.15) is 12.4 Å². The highest BCUT2D eigenvalue weighted by atomic mass is 79.9. The number of halogens is 2. The fourth-order valence-electron chi connectivity index (χ4n) is 2.85. The van der Waals surface area contributed by atoms with Crippen LogP contribution in [0.5, 0.6) is 0 Å². The van der Waals surface area contributed by atoms with E-state index in [1.54, 1.807) is 12.1 Å². The number of carbonyl (C=O) groups excluding carboxylic acids is 1. The van der Waals surface area contributed by atoms with E-state index in [9.17, 15) is 9.18 Å². The molecule has 126 valence electrons. The highest BCUT2D eigenvalue weighted by Gasteiger charge is 2.35. The molecule has 0 heterocycles. The van der Waals surface area contributed by atoms with Crippen LogP contribution in [0.4, 0.5) is 10.1 Å². The quantitative estimate of drug-likeness (QED) is 0.779. The second kappa shape index (κ2) is 7.45. The first-order valence-corrected chi connectivity index (χ1v) is 8.96. The minimum atomic E-state index is -0.197. The summed E-state index contributed by atoms with van der Waals surface area (Å²) in [5.41, 5.74) is 2.57. The Labute approximate surface area is 150 Å². The second-order valence-corrected chi connectivity index (χ2v) is 7.26. The molecule has 24 heavy (non-hydrogen) atoms. The maximum Gasteiger partial charge on any atom is 0.279 e. The largest absolute Gasteiger partial charge is 0.321 e. The molecule has 1 amide bonds. The van der Waals surface area contributed by atoms with Crippen molar-refractivity contribution in [1.82, 2.24) is 0 Å². The van der Waals surface area contributed by atoms with Crippen LogP contribution in [0, 0.1) is 12.7 Å². The number of anilines is 1. The van der Waals surface area contributed by atoms with E-state index in [4.69, 9.17) is 0 Å². The van der Waals surface area contributed by atoms with Crippen molar-refractivity contribution >= 4 is 27.5 Å². The van der Waals surface area contributed by atoms with Crippen molar-refractivity contribution in [2.45, 2.75) is 32.4 Å². The maximum atomic E-state index is 13.9. The standard InChI is InChI=1S/C19H20BrFN2O/c1-13-6-9-18(16(20)10-13)22-19(24)12-23(15-7-8-15)11-14-4-2-3-5-17(14)21/h2-6,9-10,15H,7-8,11-12H2,1H3,(H,22,24)/p+1. The minimum Gasteiger partial charge on any atom is -0.321 e. The van der Waals surface area contributed by atoms with Crippen molar-refractivity contribution in [3.8, 4) is 0 Å². The lowest BCUT2D eigenvalue weighted by molar-refractivity contribution is -0.917. The van der Waals surface area contributed by atoms with E-state index in [1.807, 2.05) is 31.2 Å². The smallest absolute Gasteiger partial charge is 0.279 e. The summed E-state index contributed by atoms with van der Waals surface area (Å²) in [6.07, 6.45) is 2.20.